The molecule has 3 N–H and O–H groups in total. The van der Waals surface area contributed by atoms with Crippen LogP contribution in [0, 0.1) is 5.95 Å². The monoisotopic (exact) mass is 492 g/mol. The van der Waals surface area contributed by atoms with Crippen molar-refractivity contribution in [3.63, 3.8) is 0 Å². The van der Waals surface area contributed by atoms with Gasteiger partial charge in [-0.2, -0.15) is 9.37 Å². The zero-order valence-electron chi connectivity index (χ0n) is 18.2. The number of benzene rings is 2. The average molecular weight is 493 g/mol. The Balaban J connectivity index is 1.99. The summed E-state index contributed by atoms with van der Waals surface area (Å²) >= 11 is 12.5. The second kappa shape index (κ2) is 9.85. The molecule has 0 saturated carbocycles. The molecular formula is C24H23Cl2FN2O4. The summed E-state index contributed by atoms with van der Waals surface area (Å²) in [6.45, 7) is 5.24. The number of aromatic hydroxyl groups is 1. The Hall–Kier alpha value is -3.03. The Kier molecular flexibility index (Phi) is 7.34. The predicted octanol–water partition coefficient (Wildman–Crippen LogP) is 6.65. The van der Waals surface area contributed by atoms with Gasteiger partial charge in [0.15, 0.2) is 11.6 Å². The number of carboxylic acids is 1. The Bertz CT molecular complexity index is 1170. The van der Waals surface area contributed by atoms with Crippen molar-refractivity contribution in [2.75, 3.05) is 5.32 Å². The molecule has 33 heavy (non-hydrogen) atoms. The minimum Gasteiger partial charge on any atom is -0.508 e. The summed E-state index contributed by atoms with van der Waals surface area (Å²) in [4.78, 5) is 15.8. The lowest BCUT2D eigenvalue weighted by atomic mass is 9.93. The summed E-state index contributed by atoms with van der Waals surface area (Å²) in [6.07, 6.45) is 0.0807. The standard InChI is InChI=1S/C24H23Cl2FN2O4/c1-13(2)16-11-15(9-10-17(16)30)33-20-18(25)21(27)28-22(19(20)26)29-24(3,23(31)32)12-14-7-5-4-6-8-14/h4-11,13,30H,12H2,1-3H3,(H,28,29)(H,31,32)/t24-/m0/s1. The topological polar surface area (TPSA) is 91.7 Å². The molecule has 0 spiro atoms. The van der Waals surface area contributed by atoms with E-state index in [1.54, 1.807) is 30.3 Å². The summed E-state index contributed by atoms with van der Waals surface area (Å²) in [5.41, 5.74) is -0.185. The highest BCUT2D eigenvalue weighted by molar-refractivity contribution is 6.38. The summed E-state index contributed by atoms with van der Waals surface area (Å²) in [6, 6.07) is 13.5. The normalized spacial score (nSPS) is 12.9. The molecule has 9 heteroatoms. The second-order valence-electron chi connectivity index (χ2n) is 8.11. The largest absolute Gasteiger partial charge is 0.508 e. The van der Waals surface area contributed by atoms with Gasteiger partial charge >= 0.3 is 5.97 Å². The van der Waals surface area contributed by atoms with E-state index in [9.17, 15) is 19.4 Å². The minimum atomic E-state index is -1.56. The molecule has 1 atom stereocenters. The molecular weight excluding hydrogens is 470 g/mol. The number of hydrogen-bond donors (Lipinski definition) is 3. The summed E-state index contributed by atoms with van der Waals surface area (Å²) in [5, 5.41) is 22.0. The SMILES string of the molecule is CC(C)c1cc(Oc2c(Cl)c(F)nc(N[C@@](C)(Cc3ccccc3)C(=O)O)c2Cl)ccc1O. The van der Waals surface area contributed by atoms with E-state index in [4.69, 9.17) is 27.9 Å². The number of nitrogens with one attached hydrogen (secondary N) is 1. The molecule has 0 amide bonds. The lowest BCUT2D eigenvalue weighted by Crippen LogP contribution is -2.45. The molecule has 6 nitrogen and oxygen atoms in total. The number of ether oxygens (including phenoxy) is 1. The maximum absolute atomic E-state index is 14.6. The smallest absolute Gasteiger partial charge is 0.329 e. The van der Waals surface area contributed by atoms with Gasteiger partial charge in [0.05, 0.1) is 0 Å². The van der Waals surface area contributed by atoms with Gasteiger partial charge in [0.1, 0.15) is 27.1 Å². The van der Waals surface area contributed by atoms with Crippen molar-refractivity contribution in [3.05, 3.63) is 75.7 Å². The molecule has 0 aliphatic carbocycles. The Labute approximate surface area is 201 Å². The first-order valence-electron chi connectivity index (χ1n) is 10.1. The van der Waals surface area contributed by atoms with Gasteiger partial charge in [0.2, 0.25) is 5.95 Å². The van der Waals surface area contributed by atoms with E-state index in [2.05, 4.69) is 10.3 Å². The number of carbonyl (C=O) groups is 1. The number of carboxylic acid groups (broad SMARTS) is 1. The van der Waals surface area contributed by atoms with Crippen LogP contribution in [0.1, 0.15) is 37.8 Å². The maximum atomic E-state index is 14.6. The summed E-state index contributed by atoms with van der Waals surface area (Å²) in [5.74, 6) is -2.34. The van der Waals surface area contributed by atoms with Gasteiger partial charge in [0.25, 0.3) is 0 Å². The quantitative estimate of drug-likeness (QED) is 0.305. The maximum Gasteiger partial charge on any atom is 0.329 e. The molecule has 0 saturated heterocycles. The van der Waals surface area contributed by atoms with E-state index < -0.39 is 22.5 Å². The van der Waals surface area contributed by atoms with Gasteiger partial charge in [-0.1, -0.05) is 67.4 Å². The Morgan fingerprint density at radius 1 is 1.18 bits per heavy atom. The van der Waals surface area contributed by atoms with Crippen LogP contribution in [-0.2, 0) is 11.2 Å². The first kappa shape index (κ1) is 24.6. The molecule has 3 rings (SSSR count). The molecule has 1 aromatic heterocycles. The third kappa shape index (κ3) is 5.49. The third-order valence-corrected chi connectivity index (χ3v) is 5.78. The number of rotatable bonds is 8. The van der Waals surface area contributed by atoms with Gasteiger partial charge in [-0.05, 0) is 36.6 Å². The van der Waals surface area contributed by atoms with Crippen molar-refractivity contribution in [3.8, 4) is 17.2 Å². The fourth-order valence-electron chi connectivity index (χ4n) is 3.28. The molecule has 1 heterocycles. The van der Waals surface area contributed by atoms with Crippen molar-refractivity contribution in [2.24, 2.45) is 0 Å². The molecule has 0 bridgehead atoms. The highest BCUT2D eigenvalue weighted by atomic mass is 35.5. The number of hydrogen-bond acceptors (Lipinski definition) is 5. The summed E-state index contributed by atoms with van der Waals surface area (Å²) in [7, 11) is 0. The predicted molar refractivity (Wildman–Crippen MR) is 126 cm³/mol. The second-order valence-corrected chi connectivity index (χ2v) is 8.87. The van der Waals surface area contributed by atoms with E-state index in [0.29, 0.717) is 5.56 Å². The van der Waals surface area contributed by atoms with E-state index in [1.807, 2.05) is 19.9 Å². The van der Waals surface area contributed by atoms with Crippen LogP contribution in [0.5, 0.6) is 17.2 Å². The lowest BCUT2D eigenvalue weighted by Gasteiger charge is -2.28. The van der Waals surface area contributed by atoms with Crippen LogP contribution in [0.25, 0.3) is 0 Å². The molecule has 2 aromatic carbocycles. The first-order chi connectivity index (χ1) is 15.5. The molecule has 174 valence electrons. The zero-order chi connectivity index (χ0) is 24.3. The van der Waals surface area contributed by atoms with E-state index in [0.717, 1.165) is 5.56 Å². The van der Waals surface area contributed by atoms with Gasteiger partial charge in [-0.25, -0.2) is 4.79 Å². The number of halogens is 3. The Morgan fingerprint density at radius 2 is 1.85 bits per heavy atom. The van der Waals surface area contributed by atoms with Gasteiger partial charge in [-0.3, -0.25) is 0 Å². The number of pyridine rings is 1. The van der Waals surface area contributed by atoms with E-state index >= 15 is 0 Å². The van der Waals surface area contributed by atoms with Crippen LogP contribution in [-0.4, -0.2) is 26.7 Å². The van der Waals surface area contributed by atoms with Crippen LogP contribution < -0.4 is 10.1 Å². The van der Waals surface area contributed by atoms with Crippen molar-refractivity contribution in [1.82, 2.24) is 4.98 Å². The van der Waals surface area contributed by atoms with Gasteiger partial charge in [-0.15, -0.1) is 0 Å². The van der Waals surface area contributed by atoms with Crippen molar-refractivity contribution < 1.29 is 24.1 Å². The average Bonchev–Trinajstić information content (AvgIpc) is 2.76. The molecule has 0 aliphatic heterocycles. The van der Waals surface area contributed by atoms with Crippen molar-refractivity contribution in [1.29, 1.82) is 0 Å². The van der Waals surface area contributed by atoms with Crippen LogP contribution in [0.3, 0.4) is 0 Å². The van der Waals surface area contributed by atoms with Crippen molar-refractivity contribution in [2.45, 2.75) is 38.6 Å². The van der Waals surface area contributed by atoms with Crippen LogP contribution >= 0.6 is 23.2 Å². The first-order valence-corrected chi connectivity index (χ1v) is 10.9. The molecule has 0 aliphatic rings. The minimum absolute atomic E-state index is 0.000147. The number of anilines is 1. The van der Waals surface area contributed by atoms with Crippen LogP contribution in [0.2, 0.25) is 10.0 Å². The van der Waals surface area contributed by atoms with E-state index in [-0.39, 0.29) is 40.4 Å². The van der Waals surface area contributed by atoms with Crippen molar-refractivity contribution >= 4 is 35.0 Å². The number of phenols is 1. The number of phenolic OH excluding ortho intramolecular Hbond substituents is 1. The third-order valence-electron chi connectivity index (χ3n) is 5.11. The fraction of sp³-hybridized carbons (Fsp3) is 0.250. The molecule has 0 fully saturated rings. The van der Waals surface area contributed by atoms with E-state index in [1.165, 1.54) is 19.1 Å². The number of nitrogens with zero attached hydrogens (tertiary/aromatic N) is 1. The fourth-order valence-corrected chi connectivity index (χ4v) is 3.73. The highest BCUT2D eigenvalue weighted by Gasteiger charge is 2.35. The molecule has 0 radical (unpaired) electrons. The van der Waals surface area contributed by atoms with Crippen LogP contribution in [0.15, 0.2) is 48.5 Å². The molecule has 0 unspecified atom stereocenters. The number of aliphatic carboxylic acids is 1. The van der Waals surface area contributed by atoms with Crippen LogP contribution in [0.4, 0.5) is 10.2 Å². The Morgan fingerprint density at radius 3 is 2.45 bits per heavy atom. The number of aromatic nitrogens is 1. The van der Waals surface area contributed by atoms with Gasteiger partial charge in [0, 0.05) is 12.0 Å². The highest BCUT2D eigenvalue weighted by Crippen LogP contribution is 2.43. The zero-order valence-corrected chi connectivity index (χ0v) is 19.7. The lowest BCUT2D eigenvalue weighted by molar-refractivity contribution is -0.141. The van der Waals surface area contributed by atoms with Gasteiger partial charge < -0.3 is 20.3 Å². The summed E-state index contributed by atoms with van der Waals surface area (Å²) < 4.78 is 20.3. The molecule has 3 aromatic rings.